The average Bonchev–Trinajstić information content (AvgIpc) is 2.38. The Hall–Kier alpha value is -1.39. The summed E-state index contributed by atoms with van der Waals surface area (Å²) in [6.07, 6.45) is 3.51. The minimum atomic E-state index is -0.199. The molecule has 17 heavy (non-hydrogen) atoms. The van der Waals surface area contributed by atoms with E-state index in [0.29, 0.717) is 0 Å². The molecule has 3 nitrogen and oxygen atoms in total. The molecule has 0 amide bonds. The van der Waals surface area contributed by atoms with Crippen molar-refractivity contribution in [3.05, 3.63) is 58.3 Å². The molecule has 88 valence electrons. The summed E-state index contributed by atoms with van der Waals surface area (Å²) in [5, 5.41) is 0. The molecule has 2 N–H and O–H groups in total. The molecule has 2 rings (SSSR count). The van der Waals surface area contributed by atoms with Crippen molar-refractivity contribution in [2.45, 2.75) is 6.04 Å². The summed E-state index contributed by atoms with van der Waals surface area (Å²) < 4.78 is 6.11. The van der Waals surface area contributed by atoms with Gasteiger partial charge in [-0.05, 0) is 45.3 Å². The third-order valence-corrected chi connectivity index (χ3v) is 2.97. The van der Waals surface area contributed by atoms with E-state index in [4.69, 9.17) is 10.5 Å². The molecule has 1 unspecified atom stereocenters. The van der Waals surface area contributed by atoms with Crippen LogP contribution >= 0.6 is 15.9 Å². The highest BCUT2D eigenvalue weighted by molar-refractivity contribution is 9.10. The van der Waals surface area contributed by atoms with Crippen LogP contribution in [-0.4, -0.2) is 12.1 Å². The van der Waals surface area contributed by atoms with E-state index in [2.05, 4.69) is 20.9 Å². The molecular formula is C13H13BrN2O. The highest BCUT2D eigenvalue weighted by Gasteiger charge is 2.10. The first kappa shape index (κ1) is 12.1. The number of rotatable bonds is 3. The van der Waals surface area contributed by atoms with Crippen molar-refractivity contribution in [2.75, 3.05) is 7.11 Å². The third kappa shape index (κ3) is 2.84. The Bertz CT molecular complexity index is 516. The maximum absolute atomic E-state index is 6.19. The predicted octanol–water partition coefficient (Wildman–Crippen LogP) is 2.90. The summed E-state index contributed by atoms with van der Waals surface area (Å²) >= 11 is 3.39. The highest BCUT2D eigenvalue weighted by atomic mass is 79.9. The zero-order valence-electron chi connectivity index (χ0n) is 9.43. The number of nitrogens with zero attached hydrogens (tertiary/aromatic N) is 1. The van der Waals surface area contributed by atoms with Crippen molar-refractivity contribution < 1.29 is 4.74 Å². The lowest BCUT2D eigenvalue weighted by Crippen LogP contribution is -2.12. The maximum Gasteiger partial charge on any atom is 0.119 e. The number of benzene rings is 1. The summed E-state index contributed by atoms with van der Waals surface area (Å²) in [6, 6.07) is 9.51. The lowest BCUT2D eigenvalue weighted by atomic mass is 10.0. The van der Waals surface area contributed by atoms with Crippen LogP contribution in [0, 0.1) is 0 Å². The van der Waals surface area contributed by atoms with Crippen LogP contribution in [0.4, 0.5) is 0 Å². The van der Waals surface area contributed by atoms with Gasteiger partial charge in [-0.15, -0.1) is 0 Å². The van der Waals surface area contributed by atoms with Crippen molar-refractivity contribution in [2.24, 2.45) is 5.73 Å². The SMILES string of the molecule is COc1cccc(C(N)c2cncc(Br)c2)c1. The van der Waals surface area contributed by atoms with Crippen LogP contribution < -0.4 is 10.5 Å². The van der Waals surface area contributed by atoms with Gasteiger partial charge >= 0.3 is 0 Å². The Morgan fingerprint density at radius 1 is 1.24 bits per heavy atom. The molecule has 4 heteroatoms. The summed E-state index contributed by atoms with van der Waals surface area (Å²) in [5.74, 6) is 0.806. The van der Waals surface area contributed by atoms with Gasteiger partial charge in [0.1, 0.15) is 5.75 Å². The van der Waals surface area contributed by atoms with E-state index < -0.39 is 0 Å². The van der Waals surface area contributed by atoms with E-state index in [1.54, 1.807) is 19.5 Å². The first-order valence-corrected chi connectivity index (χ1v) is 6.00. The number of nitrogens with two attached hydrogens (primary N) is 1. The Kier molecular flexibility index (Phi) is 3.76. The highest BCUT2D eigenvalue weighted by Crippen LogP contribution is 2.24. The molecule has 0 aliphatic heterocycles. The minimum Gasteiger partial charge on any atom is -0.497 e. The van der Waals surface area contributed by atoms with E-state index in [9.17, 15) is 0 Å². The van der Waals surface area contributed by atoms with Gasteiger partial charge in [0, 0.05) is 16.9 Å². The molecule has 0 bridgehead atoms. The van der Waals surface area contributed by atoms with Crippen molar-refractivity contribution in [3.63, 3.8) is 0 Å². The summed E-state index contributed by atoms with van der Waals surface area (Å²) in [4.78, 5) is 4.12. The largest absolute Gasteiger partial charge is 0.497 e. The summed E-state index contributed by atoms with van der Waals surface area (Å²) in [7, 11) is 1.64. The molecule has 0 fully saturated rings. The normalized spacial score (nSPS) is 12.2. The number of pyridine rings is 1. The maximum atomic E-state index is 6.19. The molecule has 0 spiro atoms. The van der Waals surface area contributed by atoms with Gasteiger partial charge in [0.05, 0.1) is 13.2 Å². The summed E-state index contributed by atoms with van der Waals surface area (Å²) in [6.45, 7) is 0. The van der Waals surface area contributed by atoms with Gasteiger partial charge in [-0.2, -0.15) is 0 Å². The van der Waals surface area contributed by atoms with Gasteiger partial charge in [0.25, 0.3) is 0 Å². The average molecular weight is 293 g/mol. The van der Waals surface area contributed by atoms with Gasteiger partial charge in [-0.3, -0.25) is 4.98 Å². The monoisotopic (exact) mass is 292 g/mol. The Morgan fingerprint density at radius 2 is 2.06 bits per heavy atom. The van der Waals surface area contributed by atoms with Crippen LogP contribution in [0.1, 0.15) is 17.2 Å². The van der Waals surface area contributed by atoms with Crippen LogP contribution in [0.3, 0.4) is 0 Å². The molecule has 0 saturated heterocycles. The van der Waals surface area contributed by atoms with Gasteiger partial charge in [0.15, 0.2) is 0 Å². The van der Waals surface area contributed by atoms with Gasteiger partial charge < -0.3 is 10.5 Å². The Balaban J connectivity index is 2.33. The second-order valence-corrected chi connectivity index (χ2v) is 4.61. The van der Waals surface area contributed by atoms with Gasteiger partial charge in [-0.1, -0.05) is 12.1 Å². The van der Waals surface area contributed by atoms with E-state index in [-0.39, 0.29) is 6.04 Å². The number of hydrogen-bond donors (Lipinski definition) is 1. The molecule has 0 saturated carbocycles. The second kappa shape index (κ2) is 5.29. The third-order valence-electron chi connectivity index (χ3n) is 2.54. The number of hydrogen-bond acceptors (Lipinski definition) is 3. The van der Waals surface area contributed by atoms with Gasteiger partial charge in [-0.25, -0.2) is 0 Å². The fraction of sp³-hybridized carbons (Fsp3) is 0.154. The topological polar surface area (TPSA) is 48.1 Å². The Labute approximate surface area is 109 Å². The van der Waals surface area contributed by atoms with Gasteiger partial charge in [0.2, 0.25) is 0 Å². The van der Waals surface area contributed by atoms with Crippen molar-refractivity contribution in [3.8, 4) is 5.75 Å². The zero-order valence-corrected chi connectivity index (χ0v) is 11.0. The molecular weight excluding hydrogens is 280 g/mol. The minimum absolute atomic E-state index is 0.199. The number of halogens is 1. The molecule has 2 aromatic rings. The van der Waals surface area contributed by atoms with E-state index in [1.165, 1.54) is 0 Å². The molecule has 1 aromatic heterocycles. The van der Waals surface area contributed by atoms with Crippen LogP contribution in [-0.2, 0) is 0 Å². The molecule has 0 radical (unpaired) electrons. The standard InChI is InChI=1S/C13H13BrN2O/c1-17-12-4-2-3-9(6-12)13(15)10-5-11(14)8-16-7-10/h2-8,13H,15H2,1H3. The lowest BCUT2D eigenvalue weighted by molar-refractivity contribution is 0.414. The number of methoxy groups -OCH3 is 1. The molecule has 1 aromatic carbocycles. The van der Waals surface area contributed by atoms with Crippen LogP contribution in [0.15, 0.2) is 47.2 Å². The van der Waals surface area contributed by atoms with Crippen molar-refractivity contribution >= 4 is 15.9 Å². The summed E-state index contributed by atoms with van der Waals surface area (Å²) in [5.41, 5.74) is 8.16. The molecule has 0 aliphatic carbocycles. The van der Waals surface area contributed by atoms with Crippen LogP contribution in [0.5, 0.6) is 5.75 Å². The van der Waals surface area contributed by atoms with Crippen molar-refractivity contribution in [1.82, 2.24) is 4.98 Å². The smallest absolute Gasteiger partial charge is 0.119 e. The number of ether oxygens (including phenoxy) is 1. The lowest BCUT2D eigenvalue weighted by Gasteiger charge is -2.13. The molecule has 1 heterocycles. The quantitative estimate of drug-likeness (QED) is 0.946. The van der Waals surface area contributed by atoms with E-state index in [1.807, 2.05) is 30.3 Å². The fourth-order valence-electron chi connectivity index (χ4n) is 1.63. The zero-order chi connectivity index (χ0) is 12.3. The predicted molar refractivity (Wildman–Crippen MR) is 71.0 cm³/mol. The Morgan fingerprint density at radius 3 is 2.76 bits per heavy atom. The van der Waals surface area contributed by atoms with Crippen LogP contribution in [0.25, 0.3) is 0 Å². The van der Waals surface area contributed by atoms with Crippen LogP contribution in [0.2, 0.25) is 0 Å². The van der Waals surface area contributed by atoms with E-state index in [0.717, 1.165) is 21.3 Å². The molecule has 1 atom stereocenters. The first-order chi connectivity index (χ1) is 8.20. The number of aromatic nitrogens is 1. The second-order valence-electron chi connectivity index (χ2n) is 3.69. The first-order valence-electron chi connectivity index (χ1n) is 5.20. The van der Waals surface area contributed by atoms with Crippen molar-refractivity contribution in [1.29, 1.82) is 0 Å². The fourth-order valence-corrected chi connectivity index (χ4v) is 2.01. The van der Waals surface area contributed by atoms with E-state index >= 15 is 0 Å². The molecule has 0 aliphatic rings.